The molecular formula is C16H16F3N3O6S2. The fourth-order valence-corrected chi connectivity index (χ4v) is 4.03. The van der Waals surface area contributed by atoms with Gasteiger partial charge in [-0.1, -0.05) is 6.07 Å². The van der Waals surface area contributed by atoms with E-state index in [1.54, 1.807) is 0 Å². The van der Waals surface area contributed by atoms with Gasteiger partial charge in [-0.25, -0.2) is 26.7 Å². The summed E-state index contributed by atoms with van der Waals surface area (Å²) in [6, 6.07) is 7.88. The zero-order valence-corrected chi connectivity index (χ0v) is 16.9. The van der Waals surface area contributed by atoms with Gasteiger partial charge in [0, 0.05) is 11.3 Å². The van der Waals surface area contributed by atoms with Crippen molar-refractivity contribution in [1.29, 1.82) is 0 Å². The first-order valence-corrected chi connectivity index (χ1v) is 10.9. The molecule has 1 amide bonds. The number of amides is 1. The standard InChI is InChI=1S/C16H16F3N3O6S2/c1-28-13-6-5-11(8-14(13)29(20,24)25)22-15(23)10-3-2-4-12(7-10)30(26,27)21-9-16(17,18)19/h2-8,21H,9H2,1H3,(H,22,23)(H2,20,24,25). The van der Waals surface area contributed by atoms with Crippen LogP contribution in [0, 0.1) is 0 Å². The van der Waals surface area contributed by atoms with Crippen LogP contribution in [0.5, 0.6) is 5.75 Å². The van der Waals surface area contributed by atoms with Crippen molar-refractivity contribution in [1.82, 2.24) is 4.72 Å². The fraction of sp³-hybridized carbons (Fsp3) is 0.188. The van der Waals surface area contributed by atoms with Crippen molar-refractivity contribution >= 4 is 31.6 Å². The second-order valence-electron chi connectivity index (χ2n) is 5.83. The van der Waals surface area contributed by atoms with Crippen molar-refractivity contribution in [2.24, 2.45) is 5.14 Å². The van der Waals surface area contributed by atoms with Crippen molar-refractivity contribution in [2.75, 3.05) is 19.0 Å². The lowest BCUT2D eigenvalue weighted by molar-refractivity contribution is -0.121. The number of nitrogens with one attached hydrogen (secondary N) is 2. The highest BCUT2D eigenvalue weighted by molar-refractivity contribution is 7.89. The summed E-state index contributed by atoms with van der Waals surface area (Å²) in [5.41, 5.74) is -0.189. The second-order valence-corrected chi connectivity index (χ2v) is 9.13. The number of halogens is 3. The molecule has 0 saturated carbocycles. The molecule has 0 fully saturated rings. The first-order chi connectivity index (χ1) is 13.7. The van der Waals surface area contributed by atoms with Gasteiger partial charge in [0.15, 0.2) is 0 Å². The summed E-state index contributed by atoms with van der Waals surface area (Å²) in [5.74, 6) is -0.896. The third-order valence-corrected chi connectivity index (χ3v) is 5.93. The molecule has 9 nitrogen and oxygen atoms in total. The zero-order chi connectivity index (χ0) is 22.7. The van der Waals surface area contributed by atoms with Crippen molar-refractivity contribution in [3.63, 3.8) is 0 Å². The number of hydrogen-bond acceptors (Lipinski definition) is 6. The highest BCUT2D eigenvalue weighted by Crippen LogP contribution is 2.26. The summed E-state index contributed by atoms with van der Waals surface area (Å²) >= 11 is 0. The van der Waals surface area contributed by atoms with E-state index in [0.29, 0.717) is 0 Å². The normalized spacial score (nSPS) is 12.4. The van der Waals surface area contributed by atoms with Gasteiger partial charge in [0.05, 0.1) is 12.0 Å². The summed E-state index contributed by atoms with van der Waals surface area (Å²) < 4.78 is 90.4. The lowest BCUT2D eigenvalue weighted by atomic mass is 10.2. The molecule has 0 unspecified atom stereocenters. The van der Waals surface area contributed by atoms with Gasteiger partial charge in [0.1, 0.15) is 17.2 Å². The predicted octanol–water partition coefficient (Wildman–Crippen LogP) is 1.44. The van der Waals surface area contributed by atoms with Crippen molar-refractivity contribution in [3.05, 3.63) is 48.0 Å². The Morgan fingerprint density at radius 2 is 1.77 bits per heavy atom. The minimum Gasteiger partial charge on any atom is -0.495 e. The number of alkyl halides is 3. The fourth-order valence-electron chi connectivity index (χ4n) is 2.24. The van der Waals surface area contributed by atoms with Gasteiger partial charge < -0.3 is 10.1 Å². The average Bonchev–Trinajstić information content (AvgIpc) is 2.65. The SMILES string of the molecule is COc1ccc(NC(=O)c2cccc(S(=O)(=O)NCC(F)(F)F)c2)cc1S(N)(=O)=O. The Hall–Kier alpha value is -2.68. The van der Waals surface area contributed by atoms with Crippen LogP contribution in [0.3, 0.4) is 0 Å². The van der Waals surface area contributed by atoms with Crippen LogP contribution in [0.4, 0.5) is 18.9 Å². The number of hydrogen-bond donors (Lipinski definition) is 3. The Morgan fingerprint density at radius 3 is 2.33 bits per heavy atom. The van der Waals surface area contributed by atoms with E-state index < -0.39 is 48.5 Å². The molecule has 30 heavy (non-hydrogen) atoms. The molecule has 2 aromatic carbocycles. The van der Waals surface area contributed by atoms with Gasteiger partial charge in [0.25, 0.3) is 5.91 Å². The Bertz CT molecular complexity index is 1160. The van der Waals surface area contributed by atoms with Crippen LogP contribution in [0.15, 0.2) is 52.3 Å². The minimum absolute atomic E-state index is 0.00767. The monoisotopic (exact) mass is 467 g/mol. The molecule has 0 heterocycles. The predicted molar refractivity (Wildman–Crippen MR) is 100 cm³/mol. The Balaban J connectivity index is 2.28. The van der Waals surface area contributed by atoms with E-state index in [9.17, 15) is 34.8 Å². The van der Waals surface area contributed by atoms with Gasteiger partial charge in [-0.2, -0.15) is 13.2 Å². The minimum atomic E-state index is -4.75. The van der Waals surface area contributed by atoms with Crippen molar-refractivity contribution in [2.45, 2.75) is 16.0 Å². The number of carbonyl (C=O) groups is 1. The largest absolute Gasteiger partial charge is 0.495 e. The molecule has 0 saturated heterocycles. The van der Waals surface area contributed by atoms with Crippen molar-refractivity contribution in [3.8, 4) is 5.75 Å². The maximum atomic E-state index is 12.4. The van der Waals surface area contributed by atoms with Crippen LogP contribution < -0.4 is 19.9 Å². The number of ether oxygens (including phenoxy) is 1. The quantitative estimate of drug-likeness (QED) is 0.562. The molecule has 0 aromatic heterocycles. The first kappa shape index (κ1) is 23.6. The zero-order valence-electron chi connectivity index (χ0n) is 15.2. The molecule has 14 heteroatoms. The smallest absolute Gasteiger partial charge is 0.402 e. The lowest BCUT2D eigenvalue weighted by Gasteiger charge is -2.12. The average molecular weight is 467 g/mol. The topological polar surface area (TPSA) is 145 Å². The number of anilines is 1. The van der Waals surface area contributed by atoms with Crippen LogP contribution in [-0.4, -0.2) is 42.6 Å². The lowest BCUT2D eigenvalue weighted by Crippen LogP contribution is -2.33. The molecule has 0 aliphatic rings. The maximum Gasteiger partial charge on any atom is 0.402 e. The van der Waals surface area contributed by atoms with Crippen LogP contribution in [0.2, 0.25) is 0 Å². The van der Waals surface area contributed by atoms with Gasteiger partial charge in [-0.15, -0.1) is 0 Å². The number of carbonyl (C=O) groups excluding carboxylic acids is 1. The number of rotatable bonds is 7. The van der Waals surface area contributed by atoms with E-state index in [2.05, 4.69) is 5.32 Å². The Morgan fingerprint density at radius 1 is 1.10 bits per heavy atom. The van der Waals surface area contributed by atoms with E-state index >= 15 is 0 Å². The number of sulfonamides is 2. The summed E-state index contributed by atoms with van der Waals surface area (Å²) in [5, 5.41) is 7.44. The number of benzene rings is 2. The molecule has 164 valence electrons. The number of methoxy groups -OCH3 is 1. The molecule has 2 aromatic rings. The number of nitrogens with two attached hydrogens (primary N) is 1. The van der Waals surface area contributed by atoms with Gasteiger partial charge >= 0.3 is 6.18 Å². The molecule has 0 spiro atoms. The van der Waals surface area contributed by atoms with Crippen LogP contribution >= 0.6 is 0 Å². The molecule has 0 aliphatic heterocycles. The van der Waals surface area contributed by atoms with Crippen LogP contribution in [0.25, 0.3) is 0 Å². The highest BCUT2D eigenvalue weighted by Gasteiger charge is 2.30. The highest BCUT2D eigenvalue weighted by atomic mass is 32.2. The molecule has 4 N–H and O–H groups in total. The Kier molecular flexibility index (Phi) is 6.76. The van der Waals surface area contributed by atoms with Crippen molar-refractivity contribution < 1.29 is 39.5 Å². The molecular weight excluding hydrogens is 451 g/mol. The molecule has 0 atom stereocenters. The van der Waals surface area contributed by atoms with E-state index in [-0.39, 0.29) is 17.0 Å². The van der Waals surface area contributed by atoms with E-state index in [1.807, 2.05) is 0 Å². The second kappa shape index (κ2) is 8.59. The Labute approximate surface area is 170 Å². The third kappa shape index (κ3) is 6.16. The molecule has 2 rings (SSSR count). The first-order valence-electron chi connectivity index (χ1n) is 7.91. The van der Waals surface area contributed by atoms with E-state index in [1.165, 1.54) is 36.1 Å². The third-order valence-electron chi connectivity index (χ3n) is 3.60. The van der Waals surface area contributed by atoms with Gasteiger partial charge in [-0.05, 0) is 36.4 Å². The summed E-state index contributed by atoms with van der Waals surface area (Å²) in [7, 11) is -7.47. The number of primary sulfonamides is 1. The molecule has 0 radical (unpaired) electrons. The maximum absolute atomic E-state index is 12.4. The molecule has 0 bridgehead atoms. The summed E-state index contributed by atoms with van der Waals surface area (Å²) in [4.78, 5) is 11.5. The molecule has 0 aliphatic carbocycles. The summed E-state index contributed by atoms with van der Waals surface area (Å²) in [6.07, 6.45) is -4.75. The van der Waals surface area contributed by atoms with Crippen LogP contribution in [-0.2, 0) is 20.0 Å². The van der Waals surface area contributed by atoms with Crippen LogP contribution in [0.1, 0.15) is 10.4 Å². The summed E-state index contributed by atoms with van der Waals surface area (Å²) in [6.45, 7) is -1.77. The van der Waals surface area contributed by atoms with E-state index in [0.717, 1.165) is 18.2 Å². The van der Waals surface area contributed by atoms with Gasteiger partial charge in [0.2, 0.25) is 20.0 Å². The van der Waals surface area contributed by atoms with E-state index in [4.69, 9.17) is 9.88 Å². The van der Waals surface area contributed by atoms with Gasteiger partial charge in [-0.3, -0.25) is 4.79 Å².